The first-order valence-electron chi connectivity index (χ1n) is 6.93. The SMILES string of the molecule is Cl.O=C(OCc1ccc2ccccc2c1)N1CCNCC1. The van der Waals surface area contributed by atoms with Crippen LogP contribution in [0.5, 0.6) is 0 Å². The highest BCUT2D eigenvalue weighted by Gasteiger charge is 2.17. The molecule has 1 amide bonds. The minimum Gasteiger partial charge on any atom is -0.445 e. The summed E-state index contributed by atoms with van der Waals surface area (Å²) in [6.45, 7) is 3.44. The number of rotatable bonds is 2. The van der Waals surface area contributed by atoms with Gasteiger partial charge in [0, 0.05) is 26.2 Å². The molecule has 0 aromatic heterocycles. The fourth-order valence-electron chi connectivity index (χ4n) is 2.41. The molecule has 112 valence electrons. The molecule has 0 atom stereocenters. The summed E-state index contributed by atoms with van der Waals surface area (Å²) >= 11 is 0. The number of piperazine rings is 1. The maximum Gasteiger partial charge on any atom is 0.410 e. The van der Waals surface area contributed by atoms with Crippen LogP contribution >= 0.6 is 12.4 Å². The Morgan fingerprint density at radius 2 is 1.81 bits per heavy atom. The second-order valence-electron chi connectivity index (χ2n) is 4.97. The van der Waals surface area contributed by atoms with Crippen LogP contribution in [0.25, 0.3) is 10.8 Å². The summed E-state index contributed by atoms with van der Waals surface area (Å²) < 4.78 is 5.38. The van der Waals surface area contributed by atoms with Gasteiger partial charge in [0.05, 0.1) is 0 Å². The fraction of sp³-hybridized carbons (Fsp3) is 0.312. The smallest absolute Gasteiger partial charge is 0.410 e. The lowest BCUT2D eigenvalue weighted by atomic mass is 10.1. The Bertz CT molecular complexity index is 612. The van der Waals surface area contributed by atoms with Crippen molar-refractivity contribution in [3.05, 3.63) is 48.0 Å². The lowest BCUT2D eigenvalue weighted by molar-refractivity contribution is 0.0919. The third-order valence-corrected chi connectivity index (χ3v) is 3.55. The van der Waals surface area contributed by atoms with Crippen molar-refractivity contribution in [2.24, 2.45) is 0 Å². The highest BCUT2D eigenvalue weighted by Crippen LogP contribution is 2.16. The van der Waals surface area contributed by atoms with E-state index in [4.69, 9.17) is 4.74 Å². The molecule has 1 aliphatic heterocycles. The Morgan fingerprint density at radius 3 is 2.57 bits per heavy atom. The van der Waals surface area contributed by atoms with E-state index in [1.165, 1.54) is 10.8 Å². The molecule has 1 aliphatic rings. The fourth-order valence-corrected chi connectivity index (χ4v) is 2.41. The summed E-state index contributed by atoms with van der Waals surface area (Å²) in [7, 11) is 0. The van der Waals surface area contributed by atoms with Crippen molar-refractivity contribution in [3.63, 3.8) is 0 Å². The van der Waals surface area contributed by atoms with Gasteiger partial charge in [0.25, 0.3) is 0 Å². The molecule has 1 saturated heterocycles. The van der Waals surface area contributed by atoms with Crippen molar-refractivity contribution >= 4 is 29.3 Å². The topological polar surface area (TPSA) is 41.6 Å². The Morgan fingerprint density at radius 1 is 1.10 bits per heavy atom. The number of benzene rings is 2. The summed E-state index contributed by atoms with van der Waals surface area (Å²) in [5.74, 6) is 0. The van der Waals surface area contributed by atoms with Crippen molar-refractivity contribution in [3.8, 4) is 0 Å². The molecule has 4 nitrogen and oxygen atoms in total. The summed E-state index contributed by atoms with van der Waals surface area (Å²) in [6, 6.07) is 14.3. The van der Waals surface area contributed by atoms with Crippen molar-refractivity contribution in [1.82, 2.24) is 10.2 Å². The van der Waals surface area contributed by atoms with Crippen LogP contribution in [0.4, 0.5) is 4.79 Å². The lowest BCUT2D eigenvalue weighted by Gasteiger charge is -2.26. The zero-order valence-electron chi connectivity index (χ0n) is 11.7. The van der Waals surface area contributed by atoms with Crippen LogP contribution in [-0.2, 0) is 11.3 Å². The van der Waals surface area contributed by atoms with Crippen LogP contribution in [-0.4, -0.2) is 37.2 Å². The molecule has 0 spiro atoms. The van der Waals surface area contributed by atoms with E-state index in [0.717, 1.165) is 31.7 Å². The monoisotopic (exact) mass is 306 g/mol. The molecule has 2 aromatic rings. The molecular formula is C16H19ClN2O2. The summed E-state index contributed by atoms with van der Waals surface area (Å²) in [5, 5.41) is 5.58. The maximum atomic E-state index is 11.9. The second-order valence-corrected chi connectivity index (χ2v) is 4.97. The molecule has 0 saturated carbocycles. The molecule has 1 heterocycles. The second kappa shape index (κ2) is 7.29. The average Bonchev–Trinajstić information content (AvgIpc) is 2.53. The van der Waals surface area contributed by atoms with E-state index in [0.29, 0.717) is 6.61 Å². The Hall–Kier alpha value is -1.78. The number of halogens is 1. The first-order valence-corrected chi connectivity index (χ1v) is 6.93. The number of amides is 1. The molecule has 1 N–H and O–H groups in total. The van der Waals surface area contributed by atoms with Gasteiger partial charge in [-0.3, -0.25) is 0 Å². The standard InChI is InChI=1S/C16H18N2O2.ClH/c19-16(18-9-7-17-8-10-18)20-12-13-5-6-14-3-1-2-4-15(14)11-13;/h1-6,11,17H,7-10,12H2;1H. The molecule has 5 heteroatoms. The van der Waals surface area contributed by atoms with Crippen LogP contribution in [0.3, 0.4) is 0 Å². The van der Waals surface area contributed by atoms with Crippen LogP contribution in [0.15, 0.2) is 42.5 Å². The van der Waals surface area contributed by atoms with Gasteiger partial charge in [0.1, 0.15) is 6.61 Å². The molecule has 0 aliphatic carbocycles. The summed E-state index contributed by atoms with van der Waals surface area (Å²) in [5.41, 5.74) is 1.02. The van der Waals surface area contributed by atoms with E-state index in [1.807, 2.05) is 18.2 Å². The number of ether oxygens (including phenoxy) is 1. The molecule has 0 unspecified atom stereocenters. The Labute approximate surface area is 130 Å². The van der Waals surface area contributed by atoms with E-state index in [1.54, 1.807) is 4.90 Å². The first kappa shape index (κ1) is 15.6. The molecule has 0 radical (unpaired) electrons. The van der Waals surface area contributed by atoms with Crippen LogP contribution in [0.1, 0.15) is 5.56 Å². The maximum absolute atomic E-state index is 11.9. The van der Waals surface area contributed by atoms with Crippen molar-refractivity contribution in [2.45, 2.75) is 6.61 Å². The average molecular weight is 307 g/mol. The molecular weight excluding hydrogens is 288 g/mol. The number of hydrogen-bond acceptors (Lipinski definition) is 3. The zero-order valence-corrected chi connectivity index (χ0v) is 12.6. The molecule has 21 heavy (non-hydrogen) atoms. The predicted octanol–water partition coefficient (Wildman–Crippen LogP) is 2.80. The highest BCUT2D eigenvalue weighted by atomic mass is 35.5. The number of nitrogens with zero attached hydrogens (tertiary/aromatic N) is 1. The van der Waals surface area contributed by atoms with Crippen molar-refractivity contribution < 1.29 is 9.53 Å². The molecule has 2 aromatic carbocycles. The van der Waals surface area contributed by atoms with Gasteiger partial charge in [-0.15, -0.1) is 12.4 Å². The lowest BCUT2D eigenvalue weighted by Crippen LogP contribution is -2.46. The van der Waals surface area contributed by atoms with Gasteiger partial charge in [0.15, 0.2) is 0 Å². The van der Waals surface area contributed by atoms with E-state index in [9.17, 15) is 4.79 Å². The quantitative estimate of drug-likeness (QED) is 0.927. The number of carbonyl (C=O) groups excluding carboxylic acids is 1. The number of hydrogen-bond donors (Lipinski definition) is 1. The van der Waals surface area contributed by atoms with Crippen LogP contribution in [0, 0.1) is 0 Å². The number of carbonyl (C=O) groups is 1. The summed E-state index contributed by atoms with van der Waals surface area (Å²) in [4.78, 5) is 13.7. The summed E-state index contributed by atoms with van der Waals surface area (Å²) in [6.07, 6.45) is -0.223. The van der Waals surface area contributed by atoms with Crippen LogP contribution < -0.4 is 5.32 Å². The molecule has 1 fully saturated rings. The number of fused-ring (bicyclic) bond motifs is 1. The highest BCUT2D eigenvalue weighted by molar-refractivity contribution is 5.85. The third kappa shape index (κ3) is 3.86. The Balaban J connectivity index is 0.00000161. The molecule has 0 bridgehead atoms. The van der Waals surface area contributed by atoms with Gasteiger partial charge in [-0.1, -0.05) is 36.4 Å². The van der Waals surface area contributed by atoms with Gasteiger partial charge < -0.3 is 15.0 Å². The van der Waals surface area contributed by atoms with Gasteiger partial charge in [-0.05, 0) is 22.4 Å². The normalized spacial score (nSPS) is 14.6. The van der Waals surface area contributed by atoms with E-state index in [-0.39, 0.29) is 18.5 Å². The Kier molecular flexibility index (Phi) is 5.42. The largest absolute Gasteiger partial charge is 0.445 e. The zero-order chi connectivity index (χ0) is 13.8. The van der Waals surface area contributed by atoms with Crippen molar-refractivity contribution in [2.75, 3.05) is 26.2 Å². The first-order chi connectivity index (χ1) is 9.83. The van der Waals surface area contributed by atoms with Gasteiger partial charge in [-0.25, -0.2) is 4.79 Å². The van der Waals surface area contributed by atoms with Crippen molar-refractivity contribution in [1.29, 1.82) is 0 Å². The van der Waals surface area contributed by atoms with Gasteiger partial charge in [-0.2, -0.15) is 0 Å². The van der Waals surface area contributed by atoms with Gasteiger partial charge >= 0.3 is 6.09 Å². The number of nitrogens with one attached hydrogen (secondary N) is 1. The van der Waals surface area contributed by atoms with Crippen LogP contribution in [0.2, 0.25) is 0 Å². The van der Waals surface area contributed by atoms with E-state index < -0.39 is 0 Å². The van der Waals surface area contributed by atoms with E-state index in [2.05, 4.69) is 29.6 Å². The third-order valence-electron chi connectivity index (χ3n) is 3.55. The van der Waals surface area contributed by atoms with Gasteiger partial charge in [0.2, 0.25) is 0 Å². The van der Waals surface area contributed by atoms with E-state index >= 15 is 0 Å². The molecule has 3 rings (SSSR count). The minimum absolute atomic E-state index is 0. The predicted molar refractivity (Wildman–Crippen MR) is 85.8 cm³/mol. The minimum atomic E-state index is -0.223.